The minimum absolute atomic E-state index is 0.119. The fraction of sp³-hybridized carbons (Fsp3) is 0.450. The number of likely N-dealkylation sites (N-methyl/N-ethyl adjacent to an activating group) is 1. The second-order valence-corrected chi connectivity index (χ2v) is 6.85. The third kappa shape index (κ3) is 4.86. The monoisotopic (exact) mass is 338 g/mol. The summed E-state index contributed by atoms with van der Waals surface area (Å²) in [6.07, 6.45) is 3.05. The third-order valence-corrected chi connectivity index (χ3v) is 4.64. The van der Waals surface area contributed by atoms with Crippen LogP contribution in [0, 0.1) is 6.92 Å². The predicted molar refractivity (Wildman–Crippen MR) is 98.7 cm³/mol. The average Bonchev–Trinajstić information content (AvgIpc) is 2.62. The zero-order valence-corrected chi connectivity index (χ0v) is 15.0. The standard InChI is InChI=1S/C20H26N4O/c1-15-13-18(20(25)21-11-10-16-7-4-3-5-8-16)23-19(22-15)17-9-6-12-24(2)14-17/h3-5,7-8,13,17H,6,9-12,14H2,1-2H3,(H,21,25)/t17-/m0/s1. The van der Waals surface area contributed by atoms with Crippen LogP contribution in [0.5, 0.6) is 0 Å². The summed E-state index contributed by atoms with van der Waals surface area (Å²) in [4.78, 5) is 23.9. The Labute approximate surface area is 149 Å². The first-order chi connectivity index (χ1) is 12.1. The van der Waals surface area contributed by atoms with Crippen LogP contribution in [0.25, 0.3) is 0 Å². The number of likely N-dealkylation sites (tertiary alicyclic amines) is 1. The van der Waals surface area contributed by atoms with E-state index in [4.69, 9.17) is 0 Å². The van der Waals surface area contributed by atoms with Gasteiger partial charge in [-0.05, 0) is 51.4 Å². The number of benzene rings is 1. The van der Waals surface area contributed by atoms with E-state index in [1.807, 2.05) is 25.1 Å². The molecule has 0 radical (unpaired) electrons. The van der Waals surface area contributed by atoms with E-state index in [1.54, 1.807) is 6.07 Å². The van der Waals surface area contributed by atoms with Gasteiger partial charge in [-0.1, -0.05) is 30.3 Å². The van der Waals surface area contributed by atoms with Gasteiger partial charge in [-0.3, -0.25) is 4.79 Å². The normalized spacial score (nSPS) is 18.1. The smallest absolute Gasteiger partial charge is 0.270 e. The molecule has 0 spiro atoms. The quantitative estimate of drug-likeness (QED) is 0.910. The summed E-state index contributed by atoms with van der Waals surface area (Å²) in [7, 11) is 2.12. The van der Waals surface area contributed by atoms with E-state index in [0.29, 0.717) is 18.2 Å². The first-order valence-electron chi connectivity index (χ1n) is 8.98. The molecule has 1 atom stereocenters. The van der Waals surface area contributed by atoms with Gasteiger partial charge in [-0.25, -0.2) is 9.97 Å². The van der Waals surface area contributed by atoms with Gasteiger partial charge in [-0.2, -0.15) is 0 Å². The fourth-order valence-electron chi connectivity index (χ4n) is 3.32. The van der Waals surface area contributed by atoms with Crippen LogP contribution in [0.15, 0.2) is 36.4 Å². The van der Waals surface area contributed by atoms with Gasteiger partial charge in [0.25, 0.3) is 5.91 Å². The van der Waals surface area contributed by atoms with Gasteiger partial charge in [0.05, 0.1) is 0 Å². The van der Waals surface area contributed by atoms with Gasteiger partial charge in [0.1, 0.15) is 11.5 Å². The van der Waals surface area contributed by atoms with Crippen molar-refractivity contribution in [3.63, 3.8) is 0 Å². The maximum atomic E-state index is 12.5. The molecule has 1 saturated heterocycles. The zero-order chi connectivity index (χ0) is 17.6. The number of nitrogens with one attached hydrogen (secondary N) is 1. The summed E-state index contributed by atoms with van der Waals surface area (Å²) in [5.74, 6) is 1.00. The summed E-state index contributed by atoms with van der Waals surface area (Å²) < 4.78 is 0. The van der Waals surface area contributed by atoms with Crippen molar-refractivity contribution in [2.24, 2.45) is 0 Å². The average molecular weight is 338 g/mol. The molecule has 0 bridgehead atoms. The molecule has 1 aromatic carbocycles. The predicted octanol–water partition coefficient (Wildman–Crippen LogP) is 2.57. The largest absolute Gasteiger partial charge is 0.350 e. The second-order valence-electron chi connectivity index (χ2n) is 6.85. The molecule has 2 aromatic rings. The molecular weight excluding hydrogens is 312 g/mol. The fourth-order valence-corrected chi connectivity index (χ4v) is 3.32. The molecular formula is C20H26N4O. The third-order valence-electron chi connectivity index (χ3n) is 4.64. The molecule has 0 saturated carbocycles. The van der Waals surface area contributed by atoms with Crippen molar-refractivity contribution in [1.82, 2.24) is 20.2 Å². The van der Waals surface area contributed by atoms with E-state index < -0.39 is 0 Å². The molecule has 5 heteroatoms. The number of amides is 1. The van der Waals surface area contributed by atoms with E-state index >= 15 is 0 Å². The van der Waals surface area contributed by atoms with Crippen LogP contribution in [0.1, 0.15) is 46.3 Å². The van der Waals surface area contributed by atoms with E-state index in [1.165, 1.54) is 5.56 Å². The number of aryl methyl sites for hydroxylation is 1. The maximum absolute atomic E-state index is 12.5. The highest BCUT2D eigenvalue weighted by Gasteiger charge is 2.22. The Morgan fingerprint density at radius 3 is 2.84 bits per heavy atom. The van der Waals surface area contributed by atoms with Gasteiger partial charge >= 0.3 is 0 Å². The highest BCUT2D eigenvalue weighted by molar-refractivity contribution is 5.92. The first-order valence-corrected chi connectivity index (χ1v) is 8.98. The number of nitrogens with zero attached hydrogens (tertiary/aromatic N) is 3. The minimum Gasteiger partial charge on any atom is -0.350 e. The van der Waals surface area contributed by atoms with E-state index in [9.17, 15) is 4.79 Å². The van der Waals surface area contributed by atoms with Crippen LogP contribution in [0.3, 0.4) is 0 Å². The van der Waals surface area contributed by atoms with Gasteiger partial charge in [0.15, 0.2) is 0 Å². The molecule has 1 aliphatic rings. The molecule has 2 heterocycles. The Kier molecular flexibility index (Phi) is 5.76. The lowest BCUT2D eigenvalue weighted by Gasteiger charge is -2.28. The van der Waals surface area contributed by atoms with Crippen LogP contribution in [0.4, 0.5) is 0 Å². The van der Waals surface area contributed by atoms with E-state index in [0.717, 1.165) is 43.9 Å². The highest BCUT2D eigenvalue weighted by atomic mass is 16.1. The SMILES string of the molecule is Cc1cc(C(=O)NCCc2ccccc2)nc([C@H]2CCCN(C)C2)n1. The van der Waals surface area contributed by atoms with Gasteiger partial charge in [0, 0.05) is 24.7 Å². The Morgan fingerprint density at radius 1 is 1.28 bits per heavy atom. The zero-order valence-electron chi connectivity index (χ0n) is 15.0. The molecule has 0 unspecified atom stereocenters. The number of carbonyl (C=O) groups excluding carboxylic acids is 1. The van der Waals surface area contributed by atoms with Crippen LogP contribution in [-0.4, -0.2) is 47.5 Å². The molecule has 1 aliphatic heterocycles. The number of hydrogen-bond acceptors (Lipinski definition) is 4. The Hall–Kier alpha value is -2.27. The van der Waals surface area contributed by atoms with Crippen molar-refractivity contribution in [2.75, 3.05) is 26.7 Å². The van der Waals surface area contributed by atoms with Gasteiger partial charge < -0.3 is 10.2 Å². The molecule has 5 nitrogen and oxygen atoms in total. The van der Waals surface area contributed by atoms with Crippen LogP contribution >= 0.6 is 0 Å². The number of carbonyl (C=O) groups is 1. The Morgan fingerprint density at radius 2 is 2.08 bits per heavy atom. The number of aromatic nitrogens is 2. The van der Waals surface area contributed by atoms with Crippen molar-refractivity contribution < 1.29 is 4.79 Å². The van der Waals surface area contributed by atoms with Gasteiger partial charge in [0.2, 0.25) is 0 Å². The summed E-state index contributed by atoms with van der Waals surface area (Å²) in [6.45, 7) is 4.61. The lowest BCUT2D eigenvalue weighted by molar-refractivity contribution is 0.0948. The molecule has 0 aliphatic carbocycles. The van der Waals surface area contributed by atoms with Crippen molar-refractivity contribution in [3.8, 4) is 0 Å². The summed E-state index contributed by atoms with van der Waals surface area (Å²) in [6, 6.07) is 11.9. The van der Waals surface area contributed by atoms with E-state index in [-0.39, 0.29) is 5.91 Å². The summed E-state index contributed by atoms with van der Waals surface area (Å²) in [5.41, 5.74) is 2.54. The van der Waals surface area contributed by atoms with Crippen LogP contribution < -0.4 is 5.32 Å². The van der Waals surface area contributed by atoms with Gasteiger partial charge in [-0.15, -0.1) is 0 Å². The number of rotatable bonds is 5. The van der Waals surface area contributed by atoms with Crippen molar-refractivity contribution in [2.45, 2.75) is 32.1 Å². The van der Waals surface area contributed by atoms with Crippen LogP contribution in [-0.2, 0) is 6.42 Å². The highest BCUT2D eigenvalue weighted by Crippen LogP contribution is 2.23. The summed E-state index contributed by atoms with van der Waals surface area (Å²) in [5, 5.41) is 2.97. The molecule has 1 N–H and O–H groups in total. The van der Waals surface area contributed by atoms with Crippen molar-refractivity contribution in [1.29, 1.82) is 0 Å². The van der Waals surface area contributed by atoms with E-state index in [2.05, 4.69) is 39.4 Å². The molecule has 1 aromatic heterocycles. The number of piperidine rings is 1. The molecule has 1 fully saturated rings. The maximum Gasteiger partial charge on any atom is 0.270 e. The van der Waals surface area contributed by atoms with Crippen molar-refractivity contribution in [3.05, 3.63) is 59.2 Å². The number of hydrogen-bond donors (Lipinski definition) is 1. The Balaban J connectivity index is 1.63. The van der Waals surface area contributed by atoms with Crippen molar-refractivity contribution >= 4 is 5.91 Å². The molecule has 132 valence electrons. The lowest BCUT2D eigenvalue weighted by atomic mass is 9.97. The lowest BCUT2D eigenvalue weighted by Crippen LogP contribution is -2.32. The first kappa shape index (κ1) is 17.5. The molecule has 1 amide bonds. The van der Waals surface area contributed by atoms with Crippen LogP contribution in [0.2, 0.25) is 0 Å². The molecule has 3 rings (SSSR count). The Bertz CT molecular complexity index is 717. The summed E-state index contributed by atoms with van der Waals surface area (Å²) >= 11 is 0. The molecule has 25 heavy (non-hydrogen) atoms. The minimum atomic E-state index is -0.119. The second kappa shape index (κ2) is 8.21. The topological polar surface area (TPSA) is 58.1 Å².